The Morgan fingerprint density at radius 3 is 2.76 bits per heavy atom. The Morgan fingerprint density at radius 1 is 1.18 bits per heavy atom. The van der Waals surface area contributed by atoms with E-state index in [0.29, 0.717) is 54.3 Å². The Kier molecular flexibility index (Phi) is 7.57. The fourth-order valence-electron chi connectivity index (χ4n) is 6.64. The van der Waals surface area contributed by atoms with Crippen LogP contribution >= 0.6 is 0 Å². The minimum atomic E-state index is -2.99. The summed E-state index contributed by atoms with van der Waals surface area (Å²) >= 11 is 0. The molecule has 3 saturated heterocycles. The Balaban J connectivity index is 1.16. The average molecular weight is 673 g/mol. The first-order chi connectivity index (χ1) is 23.7. The molecule has 3 aliphatic rings. The highest BCUT2D eigenvalue weighted by Crippen LogP contribution is 2.41. The van der Waals surface area contributed by atoms with Crippen LogP contribution in [0.5, 0.6) is 5.88 Å². The number of aliphatic carboxylic acids is 1. The zero-order valence-corrected chi connectivity index (χ0v) is 26.4. The van der Waals surface area contributed by atoms with Crippen LogP contribution in [0.1, 0.15) is 42.4 Å². The molecule has 4 aromatic heterocycles. The number of carboxylic acids is 1. The maximum absolute atomic E-state index is 14.0. The molecule has 0 unspecified atom stereocenters. The third-order valence-electron chi connectivity index (χ3n) is 9.37. The van der Waals surface area contributed by atoms with Crippen LogP contribution in [0, 0.1) is 18.8 Å². The summed E-state index contributed by atoms with van der Waals surface area (Å²) in [5.41, 5.74) is 2.81. The molecule has 13 nitrogen and oxygen atoms in total. The number of alkyl halides is 2. The normalized spacial score (nSPS) is 21.7. The minimum absolute atomic E-state index is 0.00730. The lowest BCUT2D eigenvalue weighted by atomic mass is 9.90. The fourth-order valence-corrected chi connectivity index (χ4v) is 6.64. The molecule has 3 fully saturated rings. The number of para-hydroxylation sites is 1. The molecule has 3 atom stereocenters. The predicted molar refractivity (Wildman–Crippen MR) is 170 cm³/mol. The van der Waals surface area contributed by atoms with Crippen molar-refractivity contribution in [2.45, 2.75) is 50.5 Å². The third-order valence-corrected chi connectivity index (χ3v) is 9.37. The van der Waals surface area contributed by atoms with E-state index in [-0.39, 0.29) is 41.8 Å². The van der Waals surface area contributed by atoms with Gasteiger partial charge >= 0.3 is 5.97 Å². The molecule has 0 saturated carbocycles. The average Bonchev–Trinajstić information content (AvgIpc) is 3.80. The summed E-state index contributed by atoms with van der Waals surface area (Å²) in [6.07, 6.45) is -0.576. The number of hydrogen-bond acceptors (Lipinski definition) is 12. The van der Waals surface area contributed by atoms with Gasteiger partial charge in [0.15, 0.2) is 22.9 Å². The molecular weight excluding hydrogens is 642 g/mol. The Labute approximate surface area is 277 Å². The van der Waals surface area contributed by atoms with Gasteiger partial charge in [-0.25, -0.2) is 28.5 Å². The van der Waals surface area contributed by atoms with Crippen LogP contribution in [-0.4, -0.2) is 87.9 Å². The van der Waals surface area contributed by atoms with E-state index in [1.165, 1.54) is 11.2 Å². The number of fused-ring (bicyclic) bond motifs is 3. The van der Waals surface area contributed by atoms with E-state index >= 15 is 0 Å². The summed E-state index contributed by atoms with van der Waals surface area (Å²) in [6, 6.07) is 7.50. The smallest absolute Gasteiger partial charge is 0.326 e. The van der Waals surface area contributed by atoms with Gasteiger partial charge in [0.1, 0.15) is 40.8 Å². The number of aromatic nitrogens is 4. The van der Waals surface area contributed by atoms with Gasteiger partial charge in [-0.15, -0.1) is 0 Å². The van der Waals surface area contributed by atoms with E-state index in [1.54, 1.807) is 30.5 Å². The van der Waals surface area contributed by atoms with Crippen molar-refractivity contribution in [3.63, 3.8) is 0 Å². The molecule has 252 valence electrons. The molecule has 1 N–H and O–H groups in total. The first-order valence-electron chi connectivity index (χ1n) is 15.8. The first-order valence-corrected chi connectivity index (χ1v) is 15.8. The lowest BCUT2D eigenvalue weighted by Gasteiger charge is -2.53. The van der Waals surface area contributed by atoms with Crippen LogP contribution in [0.2, 0.25) is 0 Å². The van der Waals surface area contributed by atoms with Gasteiger partial charge in [-0.1, -0.05) is 23.2 Å². The lowest BCUT2D eigenvalue weighted by molar-refractivity contribution is -0.228. The molecule has 3 aliphatic heterocycles. The summed E-state index contributed by atoms with van der Waals surface area (Å²) in [7, 11) is 0. The molecule has 0 radical (unpaired) electrons. The first kappa shape index (κ1) is 31.0. The number of morpholine rings is 1. The second kappa shape index (κ2) is 12.0. The van der Waals surface area contributed by atoms with E-state index in [2.05, 4.69) is 43.8 Å². The Morgan fingerprint density at radius 2 is 2.02 bits per heavy atom. The number of carboxylic acid groups (broad SMARTS) is 1. The van der Waals surface area contributed by atoms with Crippen LogP contribution < -0.4 is 14.5 Å². The summed E-state index contributed by atoms with van der Waals surface area (Å²) in [5, 5.41) is 14.8. The van der Waals surface area contributed by atoms with Crippen molar-refractivity contribution in [1.29, 1.82) is 0 Å². The number of hydrogen-bond donors (Lipinski definition) is 1. The standard InChI is InChI=1S/C34H30F2N6O7/c1-18-15-47-40-23(18)8-7-20-11-24(41-9-10-46-34(19(41)2)16-45-17-34)32(37-13-20)48-21-12-25(33(43)44)42(14-21)31-28-27(38-30(39-31)29(35)36)22-5-3-4-6-26(22)49-28/h3-6,11,13,15,19,21,25,29H,9-10,12,14,16-17H2,1-2H3,(H,43,44)/t19-,21-,25-/m0/s1. The number of rotatable bonds is 6. The number of benzene rings is 1. The van der Waals surface area contributed by atoms with E-state index in [4.69, 9.17) is 23.2 Å². The monoisotopic (exact) mass is 672 g/mol. The van der Waals surface area contributed by atoms with Crippen molar-refractivity contribution in [3.8, 4) is 17.7 Å². The number of furan rings is 1. The number of anilines is 2. The molecule has 15 heteroatoms. The highest BCUT2D eigenvalue weighted by atomic mass is 19.3. The van der Waals surface area contributed by atoms with Crippen LogP contribution in [0.3, 0.4) is 0 Å². The molecule has 0 bridgehead atoms. The topological polar surface area (TPSA) is 149 Å². The van der Waals surface area contributed by atoms with Gasteiger partial charge in [0.2, 0.25) is 5.88 Å². The van der Waals surface area contributed by atoms with E-state index < -0.39 is 36.0 Å². The van der Waals surface area contributed by atoms with Crippen molar-refractivity contribution in [2.75, 3.05) is 42.7 Å². The highest BCUT2D eigenvalue weighted by molar-refractivity contribution is 6.06. The zero-order chi connectivity index (χ0) is 33.9. The molecule has 7 heterocycles. The molecule has 1 aromatic carbocycles. The fraction of sp³-hybridized carbons (Fsp3) is 0.382. The van der Waals surface area contributed by atoms with Crippen molar-refractivity contribution < 1.29 is 41.8 Å². The molecular formula is C34H30F2N6O7. The molecule has 0 amide bonds. The number of pyridine rings is 1. The van der Waals surface area contributed by atoms with Gasteiger partial charge < -0.3 is 38.1 Å². The van der Waals surface area contributed by atoms with Gasteiger partial charge in [0.25, 0.3) is 6.43 Å². The van der Waals surface area contributed by atoms with Crippen LogP contribution in [0.4, 0.5) is 20.3 Å². The second-order valence-electron chi connectivity index (χ2n) is 12.4. The minimum Gasteiger partial charge on any atom is -0.480 e. The largest absolute Gasteiger partial charge is 0.480 e. The molecule has 49 heavy (non-hydrogen) atoms. The summed E-state index contributed by atoms with van der Waals surface area (Å²) in [6.45, 7) is 5.80. The molecule has 5 aromatic rings. The van der Waals surface area contributed by atoms with Crippen molar-refractivity contribution in [2.24, 2.45) is 0 Å². The maximum atomic E-state index is 14.0. The molecule has 8 rings (SSSR count). The number of nitrogens with zero attached hydrogens (tertiary/aromatic N) is 6. The summed E-state index contributed by atoms with van der Waals surface area (Å²) in [5.74, 6) is 4.46. The van der Waals surface area contributed by atoms with E-state index in [0.717, 1.165) is 5.56 Å². The number of ether oxygens (including phenoxy) is 3. The van der Waals surface area contributed by atoms with Crippen LogP contribution in [-0.2, 0) is 14.3 Å². The third kappa shape index (κ3) is 5.37. The Hall–Kier alpha value is -5.33. The summed E-state index contributed by atoms with van der Waals surface area (Å²) < 4.78 is 57.3. The highest BCUT2D eigenvalue weighted by Gasteiger charge is 2.50. The van der Waals surface area contributed by atoms with Gasteiger partial charge in [0, 0.05) is 35.7 Å². The lowest BCUT2D eigenvalue weighted by Crippen LogP contribution is -2.68. The van der Waals surface area contributed by atoms with Gasteiger partial charge in [-0.3, -0.25) is 0 Å². The van der Waals surface area contributed by atoms with E-state index in [9.17, 15) is 18.7 Å². The Bertz CT molecular complexity index is 2140. The van der Waals surface area contributed by atoms with Crippen molar-refractivity contribution >= 4 is 39.5 Å². The second-order valence-corrected chi connectivity index (χ2v) is 12.4. The molecule has 1 spiro atoms. The van der Waals surface area contributed by atoms with E-state index in [1.807, 2.05) is 13.0 Å². The van der Waals surface area contributed by atoms with Gasteiger partial charge in [-0.05, 0) is 38.0 Å². The van der Waals surface area contributed by atoms with Gasteiger partial charge in [0.05, 0.1) is 32.4 Å². The number of halogens is 2. The number of carbonyl (C=O) groups is 1. The number of aryl methyl sites for hydroxylation is 1. The maximum Gasteiger partial charge on any atom is 0.326 e. The van der Waals surface area contributed by atoms with Crippen molar-refractivity contribution in [3.05, 3.63) is 65.4 Å². The van der Waals surface area contributed by atoms with Crippen molar-refractivity contribution in [1.82, 2.24) is 20.1 Å². The van der Waals surface area contributed by atoms with Gasteiger partial charge in [-0.2, -0.15) is 0 Å². The van der Waals surface area contributed by atoms with Crippen LogP contribution in [0.25, 0.3) is 22.1 Å². The SMILES string of the molecule is Cc1conc1C#Cc1cnc(O[C@H]2C[C@@H](C(=O)O)N(c3nc(C(F)F)nc4c3oc3ccccc34)C2)c(N2CCOC3(COC3)[C@@H]2C)c1. The van der Waals surface area contributed by atoms with Crippen LogP contribution in [0.15, 0.2) is 51.7 Å². The molecule has 0 aliphatic carbocycles. The predicted octanol–water partition coefficient (Wildman–Crippen LogP) is 4.51. The zero-order valence-electron chi connectivity index (χ0n) is 26.4. The quantitative estimate of drug-likeness (QED) is 0.252. The summed E-state index contributed by atoms with van der Waals surface area (Å²) in [4.78, 5) is 29.0.